The Balaban J connectivity index is 0.00000341. The summed E-state index contributed by atoms with van der Waals surface area (Å²) in [6, 6.07) is 22.3. The number of aliphatic hydroxyl groups is 1. The van der Waals surface area contributed by atoms with Crippen molar-refractivity contribution >= 4 is 29.8 Å². The molecule has 3 aromatic carbocycles. The summed E-state index contributed by atoms with van der Waals surface area (Å²) >= 11 is 0. The van der Waals surface area contributed by atoms with Crippen LogP contribution < -0.4 is 11.1 Å². The number of amidine groups is 1. The van der Waals surface area contributed by atoms with Gasteiger partial charge in [-0.05, 0) is 58.0 Å². The van der Waals surface area contributed by atoms with Gasteiger partial charge in [0.15, 0.2) is 6.10 Å². The Morgan fingerprint density at radius 2 is 1.58 bits per heavy atom. The summed E-state index contributed by atoms with van der Waals surface area (Å²) in [6.07, 6.45) is -1.30. The van der Waals surface area contributed by atoms with Crippen molar-refractivity contribution in [3.63, 3.8) is 0 Å². The topological polar surface area (TPSA) is 99.2 Å². The molecule has 0 fully saturated rings. The van der Waals surface area contributed by atoms with E-state index in [4.69, 9.17) is 11.1 Å². The minimum absolute atomic E-state index is 0. The summed E-state index contributed by atoms with van der Waals surface area (Å²) in [5.41, 5.74) is 10.3. The molecule has 3 rings (SSSR count). The first kappa shape index (κ1) is 24.1. The maximum Gasteiger partial charge on any atom is 0.257 e. The van der Waals surface area contributed by atoms with Crippen LogP contribution in [0.3, 0.4) is 0 Å². The predicted molar refractivity (Wildman–Crippen MR) is 129 cm³/mol. The molecule has 0 saturated carbocycles. The average Bonchev–Trinajstić information content (AvgIpc) is 2.73. The summed E-state index contributed by atoms with van der Waals surface area (Å²) < 4.78 is 0. The Hall–Kier alpha value is -3.15. The second-order valence-corrected chi connectivity index (χ2v) is 8.34. The number of nitrogen functional groups attached to an aromatic ring is 1. The largest absolute Gasteiger partial charge is 0.384 e. The lowest BCUT2D eigenvalue weighted by Crippen LogP contribution is -2.21. The molecule has 6 heteroatoms. The number of carbonyl (C=O) groups excluding carboxylic acids is 1. The molecule has 0 aliphatic carbocycles. The SMILES string of the molecule is CC(C)(C)c1ccc(-c2cccc(C(O)C(=O)Nc3ccc(C(=N)N)cc3)c2)cc1.Cl. The van der Waals surface area contributed by atoms with Crippen LogP contribution in [0.4, 0.5) is 5.69 Å². The van der Waals surface area contributed by atoms with E-state index in [0.29, 0.717) is 16.8 Å². The molecule has 0 aromatic heterocycles. The van der Waals surface area contributed by atoms with E-state index in [-0.39, 0.29) is 23.7 Å². The van der Waals surface area contributed by atoms with Gasteiger partial charge in [0.2, 0.25) is 0 Å². The highest BCUT2D eigenvalue weighted by molar-refractivity contribution is 5.97. The molecular weight excluding hydrogens is 410 g/mol. The molecule has 0 aliphatic heterocycles. The second kappa shape index (κ2) is 9.77. The molecular formula is C25H28ClN3O2. The van der Waals surface area contributed by atoms with Crippen molar-refractivity contribution in [2.24, 2.45) is 5.73 Å². The molecule has 0 bridgehead atoms. The van der Waals surface area contributed by atoms with Crippen LogP contribution in [0, 0.1) is 5.41 Å². The second-order valence-electron chi connectivity index (χ2n) is 8.34. The first-order chi connectivity index (χ1) is 14.1. The summed E-state index contributed by atoms with van der Waals surface area (Å²) in [5.74, 6) is -0.564. The molecule has 5 N–H and O–H groups in total. The standard InChI is InChI=1S/C25H27N3O2.ClH/c1-25(2,3)20-11-7-16(8-12-20)18-5-4-6-19(15-18)22(29)24(30)28-21-13-9-17(10-14-21)23(26)27;/h4-15,22,29H,1-3H3,(H3,26,27)(H,28,30);1H. The summed E-state index contributed by atoms with van der Waals surface area (Å²) in [7, 11) is 0. The van der Waals surface area contributed by atoms with Crippen LogP contribution in [0.2, 0.25) is 0 Å². The third kappa shape index (κ3) is 5.94. The minimum Gasteiger partial charge on any atom is -0.384 e. The van der Waals surface area contributed by atoms with Gasteiger partial charge in [0, 0.05) is 11.3 Å². The van der Waals surface area contributed by atoms with E-state index in [9.17, 15) is 9.90 Å². The zero-order valence-corrected chi connectivity index (χ0v) is 18.7. The smallest absolute Gasteiger partial charge is 0.257 e. The zero-order valence-electron chi connectivity index (χ0n) is 17.8. The third-order valence-electron chi connectivity index (χ3n) is 5.00. The summed E-state index contributed by atoms with van der Waals surface area (Å²) in [4.78, 5) is 12.5. The molecule has 1 amide bonds. The quantitative estimate of drug-likeness (QED) is 0.332. The number of benzene rings is 3. The number of anilines is 1. The zero-order chi connectivity index (χ0) is 21.9. The third-order valence-corrected chi connectivity index (χ3v) is 5.00. The Kier molecular flexibility index (Phi) is 7.60. The lowest BCUT2D eigenvalue weighted by Gasteiger charge is -2.19. The Bertz CT molecular complexity index is 1060. The highest BCUT2D eigenvalue weighted by Gasteiger charge is 2.18. The van der Waals surface area contributed by atoms with E-state index in [1.807, 2.05) is 18.2 Å². The van der Waals surface area contributed by atoms with Crippen LogP contribution >= 0.6 is 12.4 Å². The van der Waals surface area contributed by atoms with Crippen LogP contribution in [0.5, 0.6) is 0 Å². The van der Waals surface area contributed by atoms with E-state index in [1.54, 1.807) is 30.3 Å². The van der Waals surface area contributed by atoms with Crippen molar-refractivity contribution in [3.05, 3.63) is 89.5 Å². The fraction of sp³-hybridized carbons (Fsp3) is 0.200. The molecule has 0 aliphatic rings. The molecule has 0 saturated heterocycles. The van der Waals surface area contributed by atoms with Gasteiger partial charge in [0.05, 0.1) is 0 Å². The van der Waals surface area contributed by atoms with Crippen molar-refractivity contribution in [3.8, 4) is 11.1 Å². The van der Waals surface area contributed by atoms with E-state index in [2.05, 4.69) is 50.4 Å². The minimum atomic E-state index is -1.30. The maximum absolute atomic E-state index is 12.5. The van der Waals surface area contributed by atoms with Crippen LogP contribution in [0.1, 0.15) is 43.6 Å². The monoisotopic (exact) mass is 437 g/mol. The normalized spacial score (nSPS) is 11.9. The van der Waals surface area contributed by atoms with Gasteiger partial charge in [0.25, 0.3) is 5.91 Å². The van der Waals surface area contributed by atoms with Gasteiger partial charge in [-0.15, -0.1) is 12.4 Å². The van der Waals surface area contributed by atoms with Crippen molar-refractivity contribution in [1.29, 1.82) is 5.41 Å². The molecule has 1 unspecified atom stereocenters. The Labute approximate surface area is 189 Å². The summed E-state index contributed by atoms with van der Waals surface area (Å²) in [6.45, 7) is 6.52. The van der Waals surface area contributed by atoms with Crippen molar-refractivity contribution in [2.75, 3.05) is 5.32 Å². The first-order valence-corrected chi connectivity index (χ1v) is 9.79. The molecule has 0 radical (unpaired) electrons. The van der Waals surface area contributed by atoms with Crippen LogP contribution in [-0.2, 0) is 10.2 Å². The number of nitrogens with two attached hydrogens (primary N) is 1. The molecule has 5 nitrogen and oxygen atoms in total. The molecule has 0 heterocycles. The van der Waals surface area contributed by atoms with Crippen LogP contribution in [0.25, 0.3) is 11.1 Å². The molecule has 3 aromatic rings. The maximum atomic E-state index is 12.5. The molecule has 162 valence electrons. The number of carbonyl (C=O) groups is 1. The number of halogens is 1. The van der Waals surface area contributed by atoms with Gasteiger partial charge in [-0.1, -0.05) is 63.2 Å². The predicted octanol–water partition coefficient (Wildman–Crippen LogP) is 5.03. The summed E-state index contributed by atoms with van der Waals surface area (Å²) in [5, 5.41) is 20.7. The van der Waals surface area contributed by atoms with E-state index in [0.717, 1.165) is 11.1 Å². The Morgan fingerprint density at radius 3 is 2.13 bits per heavy atom. The first-order valence-electron chi connectivity index (χ1n) is 9.79. The molecule has 31 heavy (non-hydrogen) atoms. The van der Waals surface area contributed by atoms with Gasteiger partial charge in [0.1, 0.15) is 5.84 Å². The van der Waals surface area contributed by atoms with Gasteiger partial charge in [-0.25, -0.2) is 0 Å². The van der Waals surface area contributed by atoms with Crippen LogP contribution in [-0.4, -0.2) is 16.8 Å². The lowest BCUT2D eigenvalue weighted by molar-refractivity contribution is -0.124. The van der Waals surface area contributed by atoms with Crippen molar-refractivity contribution in [1.82, 2.24) is 0 Å². The number of nitrogens with one attached hydrogen (secondary N) is 2. The van der Waals surface area contributed by atoms with Crippen LogP contribution in [0.15, 0.2) is 72.8 Å². The Morgan fingerprint density at radius 1 is 0.968 bits per heavy atom. The fourth-order valence-electron chi connectivity index (χ4n) is 3.15. The lowest BCUT2D eigenvalue weighted by atomic mass is 9.86. The highest BCUT2D eigenvalue weighted by atomic mass is 35.5. The fourth-order valence-corrected chi connectivity index (χ4v) is 3.15. The van der Waals surface area contributed by atoms with E-state index >= 15 is 0 Å². The number of aliphatic hydroxyl groups excluding tert-OH is 1. The molecule has 1 atom stereocenters. The van der Waals surface area contributed by atoms with E-state index in [1.165, 1.54) is 5.56 Å². The number of hydrogen-bond donors (Lipinski definition) is 4. The highest BCUT2D eigenvalue weighted by Crippen LogP contribution is 2.28. The van der Waals surface area contributed by atoms with Gasteiger partial charge < -0.3 is 16.2 Å². The van der Waals surface area contributed by atoms with Crippen molar-refractivity contribution < 1.29 is 9.90 Å². The van der Waals surface area contributed by atoms with Crippen molar-refractivity contribution in [2.45, 2.75) is 32.3 Å². The number of amides is 1. The number of hydrogen-bond acceptors (Lipinski definition) is 3. The molecule has 0 spiro atoms. The van der Waals surface area contributed by atoms with Gasteiger partial charge in [-0.2, -0.15) is 0 Å². The van der Waals surface area contributed by atoms with E-state index < -0.39 is 12.0 Å². The average molecular weight is 438 g/mol. The van der Waals surface area contributed by atoms with Gasteiger partial charge >= 0.3 is 0 Å². The number of rotatable bonds is 5. The van der Waals surface area contributed by atoms with Gasteiger partial charge in [-0.3, -0.25) is 10.2 Å².